The second kappa shape index (κ2) is 7.04. The van der Waals surface area contributed by atoms with Crippen molar-refractivity contribution in [2.75, 3.05) is 30.9 Å². The monoisotopic (exact) mass is 293 g/mol. The maximum Gasteiger partial charge on any atom is 0.322 e. The van der Waals surface area contributed by atoms with Gasteiger partial charge in [-0.1, -0.05) is 6.92 Å². The van der Waals surface area contributed by atoms with E-state index in [-0.39, 0.29) is 0 Å². The van der Waals surface area contributed by atoms with E-state index >= 15 is 0 Å². The highest BCUT2D eigenvalue weighted by Gasteiger charge is 2.11. The predicted octanol–water partition coefficient (Wildman–Crippen LogP) is 2.40. The predicted molar refractivity (Wildman–Crippen MR) is 81.6 cm³/mol. The molecule has 0 aliphatic heterocycles. The number of rotatable bonds is 7. The van der Waals surface area contributed by atoms with Crippen LogP contribution in [0.25, 0.3) is 0 Å². The summed E-state index contributed by atoms with van der Waals surface area (Å²) in [4.78, 5) is 14.9. The molecule has 20 heavy (non-hydrogen) atoms. The zero-order valence-corrected chi connectivity index (χ0v) is 12.8. The Kier molecular flexibility index (Phi) is 5.11. The maximum atomic E-state index is 5.13. The molecular weight excluding hydrogens is 274 g/mol. The summed E-state index contributed by atoms with van der Waals surface area (Å²) in [7, 11) is 3.51. The summed E-state index contributed by atoms with van der Waals surface area (Å²) in [6.07, 6.45) is 1.01. The molecule has 2 aromatic rings. The third-order valence-corrected chi connectivity index (χ3v) is 3.39. The fraction of sp³-hybridized carbons (Fsp3) is 0.462. The van der Waals surface area contributed by atoms with Gasteiger partial charge in [0.1, 0.15) is 0 Å². The lowest BCUT2D eigenvalue weighted by Crippen LogP contribution is -2.20. The number of anilines is 2. The first-order valence-electron chi connectivity index (χ1n) is 6.49. The molecule has 0 aromatic carbocycles. The molecule has 0 fully saturated rings. The van der Waals surface area contributed by atoms with Gasteiger partial charge >= 0.3 is 6.01 Å². The summed E-state index contributed by atoms with van der Waals surface area (Å²) in [6.45, 7) is 3.67. The van der Waals surface area contributed by atoms with Gasteiger partial charge < -0.3 is 15.0 Å². The number of ether oxygens (including phenoxy) is 1. The van der Waals surface area contributed by atoms with Gasteiger partial charge in [0.25, 0.3) is 0 Å². The Hall–Kier alpha value is -1.89. The molecule has 2 heterocycles. The number of aromatic nitrogens is 3. The number of hydrogen-bond donors (Lipinski definition) is 1. The van der Waals surface area contributed by atoms with Crippen LogP contribution < -0.4 is 15.0 Å². The van der Waals surface area contributed by atoms with E-state index in [0.717, 1.165) is 19.5 Å². The van der Waals surface area contributed by atoms with E-state index in [4.69, 9.17) is 4.74 Å². The molecule has 0 bridgehead atoms. The lowest BCUT2D eigenvalue weighted by molar-refractivity contribution is 0.379. The third kappa shape index (κ3) is 3.80. The summed E-state index contributed by atoms with van der Waals surface area (Å²) in [5.74, 6) is 1.15. The van der Waals surface area contributed by atoms with E-state index in [9.17, 15) is 0 Å². The minimum atomic E-state index is 0.325. The van der Waals surface area contributed by atoms with E-state index in [1.54, 1.807) is 18.4 Å². The molecular formula is C13H19N5OS. The van der Waals surface area contributed by atoms with Crippen molar-refractivity contribution in [3.63, 3.8) is 0 Å². The Balaban J connectivity index is 2.16. The van der Waals surface area contributed by atoms with E-state index in [1.807, 2.05) is 11.9 Å². The molecule has 0 spiro atoms. The van der Waals surface area contributed by atoms with Crippen molar-refractivity contribution in [3.05, 3.63) is 22.4 Å². The van der Waals surface area contributed by atoms with Crippen LogP contribution in [0.5, 0.6) is 6.01 Å². The Bertz CT molecular complexity index is 532. The fourth-order valence-electron chi connectivity index (χ4n) is 1.65. The molecule has 6 nitrogen and oxygen atoms in total. The van der Waals surface area contributed by atoms with Crippen LogP contribution in [0.4, 0.5) is 11.9 Å². The molecule has 2 rings (SSSR count). The quantitative estimate of drug-likeness (QED) is 0.845. The molecule has 0 saturated carbocycles. The molecule has 0 saturated heterocycles. The van der Waals surface area contributed by atoms with Gasteiger partial charge in [-0.25, -0.2) is 0 Å². The summed E-state index contributed by atoms with van der Waals surface area (Å²) in [5.41, 5.74) is 1.24. The first kappa shape index (κ1) is 14.5. The number of hydrogen-bond acceptors (Lipinski definition) is 7. The first-order valence-corrected chi connectivity index (χ1v) is 7.43. The molecule has 108 valence electrons. The van der Waals surface area contributed by atoms with Crippen LogP contribution in [0.3, 0.4) is 0 Å². The average Bonchev–Trinajstić information content (AvgIpc) is 2.97. The summed E-state index contributed by atoms with van der Waals surface area (Å²) in [5, 5.41) is 7.33. The lowest BCUT2D eigenvalue weighted by Gasteiger charge is -2.17. The zero-order chi connectivity index (χ0) is 14.4. The summed E-state index contributed by atoms with van der Waals surface area (Å²) < 4.78 is 5.13. The molecule has 7 heteroatoms. The van der Waals surface area contributed by atoms with Crippen LogP contribution in [-0.4, -0.2) is 35.7 Å². The van der Waals surface area contributed by atoms with Gasteiger partial charge in [0.05, 0.1) is 7.11 Å². The largest absolute Gasteiger partial charge is 0.467 e. The van der Waals surface area contributed by atoms with Gasteiger partial charge in [-0.3, -0.25) is 0 Å². The number of thiophene rings is 1. The van der Waals surface area contributed by atoms with Crippen LogP contribution in [0.2, 0.25) is 0 Å². The SMILES string of the molecule is CCCNc1nc(OC)nc(N(C)Cc2ccsc2)n1. The first-order chi connectivity index (χ1) is 9.72. The maximum absolute atomic E-state index is 5.13. The standard InChI is InChI=1S/C13H19N5OS/c1-4-6-14-11-15-12(17-13(16-11)19-3)18(2)8-10-5-7-20-9-10/h5,7,9H,4,6,8H2,1-3H3,(H,14,15,16,17). The van der Waals surface area contributed by atoms with Crippen LogP contribution in [0.1, 0.15) is 18.9 Å². The van der Waals surface area contributed by atoms with Crippen LogP contribution in [-0.2, 0) is 6.54 Å². The molecule has 1 N–H and O–H groups in total. The lowest BCUT2D eigenvalue weighted by atomic mass is 10.3. The van der Waals surface area contributed by atoms with Gasteiger partial charge in [-0.05, 0) is 28.8 Å². The van der Waals surface area contributed by atoms with E-state index < -0.39 is 0 Å². The highest BCUT2D eigenvalue weighted by Crippen LogP contribution is 2.17. The van der Waals surface area contributed by atoms with E-state index in [0.29, 0.717) is 17.9 Å². The average molecular weight is 293 g/mol. The third-order valence-electron chi connectivity index (χ3n) is 2.66. The van der Waals surface area contributed by atoms with Crippen molar-refractivity contribution in [2.24, 2.45) is 0 Å². The van der Waals surface area contributed by atoms with Gasteiger partial charge in [0.15, 0.2) is 0 Å². The molecule has 0 atom stereocenters. The topological polar surface area (TPSA) is 63.2 Å². The highest BCUT2D eigenvalue weighted by atomic mass is 32.1. The normalized spacial score (nSPS) is 10.3. The molecule has 0 unspecified atom stereocenters. The highest BCUT2D eigenvalue weighted by molar-refractivity contribution is 7.07. The molecule has 0 amide bonds. The minimum Gasteiger partial charge on any atom is -0.467 e. The molecule has 0 aliphatic rings. The second-order valence-corrected chi connectivity index (χ2v) is 5.14. The van der Waals surface area contributed by atoms with Crippen molar-refractivity contribution < 1.29 is 4.74 Å². The Morgan fingerprint density at radius 3 is 2.85 bits per heavy atom. The zero-order valence-electron chi connectivity index (χ0n) is 12.0. The van der Waals surface area contributed by atoms with Crippen molar-refractivity contribution in [1.82, 2.24) is 15.0 Å². The van der Waals surface area contributed by atoms with Crippen LogP contribution >= 0.6 is 11.3 Å². The van der Waals surface area contributed by atoms with E-state index in [1.165, 1.54) is 5.56 Å². The Morgan fingerprint density at radius 2 is 2.20 bits per heavy atom. The minimum absolute atomic E-state index is 0.325. The van der Waals surface area contributed by atoms with Crippen LogP contribution in [0.15, 0.2) is 16.8 Å². The summed E-state index contributed by atoms with van der Waals surface area (Å²) in [6, 6.07) is 2.42. The van der Waals surface area contributed by atoms with E-state index in [2.05, 4.69) is 44.0 Å². The summed E-state index contributed by atoms with van der Waals surface area (Å²) >= 11 is 1.68. The van der Waals surface area contributed by atoms with Gasteiger partial charge in [0, 0.05) is 20.1 Å². The second-order valence-electron chi connectivity index (χ2n) is 4.36. The number of methoxy groups -OCH3 is 1. The van der Waals surface area contributed by atoms with Crippen LogP contribution in [0, 0.1) is 0 Å². The Morgan fingerprint density at radius 1 is 1.35 bits per heavy atom. The van der Waals surface area contributed by atoms with Crippen molar-refractivity contribution in [3.8, 4) is 6.01 Å². The fourth-order valence-corrected chi connectivity index (χ4v) is 2.31. The van der Waals surface area contributed by atoms with Gasteiger partial charge in [-0.15, -0.1) is 0 Å². The van der Waals surface area contributed by atoms with Crippen molar-refractivity contribution in [1.29, 1.82) is 0 Å². The van der Waals surface area contributed by atoms with Crippen molar-refractivity contribution >= 4 is 23.2 Å². The molecule has 0 aliphatic carbocycles. The van der Waals surface area contributed by atoms with Crippen molar-refractivity contribution in [2.45, 2.75) is 19.9 Å². The number of nitrogens with zero attached hydrogens (tertiary/aromatic N) is 4. The Labute approximate surface area is 122 Å². The van der Waals surface area contributed by atoms with Gasteiger partial charge in [-0.2, -0.15) is 26.3 Å². The smallest absolute Gasteiger partial charge is 0.322 e. The molecule has 0 radical (unpaired) electrons. The number of nitrogens with one attached hydrogen (secondary N) is 1. The van der Waals surface area contributed by atoms with Gasteiger partial charge in [0.2, 0.25) is 11.9 Å². The molecule has 2 aromatic heterocycles.